The van der Waals surface area contributed by atoms with Crippen LogP contribution in [0.4, 0.5) is 0 Å². The van der Waals surface area contributed by atoms with Crippen LogP contribution in [0.3, 0.4) is 0 Å². The predicted molar refractivity (Wildman–Crippen MR) is 66.3 cm³/mol. The highest BCUT2D eigenvalue weighted by atomic mass is 16.5. The number of ether oxygens (including phenoxy) is 1. The Morgan fingerprint density at radius 2 is 2.00 bits per heavy atom. The maximum absolute atomic E-state index is 9.80. The molecular weight excluding hydrogens is 232 g/mol. The molecule has 0 unspecified atom stereocenters. The van der Waals surface area contributed by atoms with Crippen LogP contribution in [0.25, 0.3) is 11.5 Å². The zero-order valence-corrected chi connectivity index (χ0v) is 10.9. The molecule has 0 spiro atoms. The molecule has 5 heteroatoms. The summed E-state index contributed by atoms with van der Waals surface area (Å²) in [5.41, 5.74) is 0.636. The molecule has 1 aromatic carbocycles. The van der Waals surface area contributed by atoms with E-state index in [2.05, 4.69) is 10.2 Å². The topological polar surface area (TPSA) is 68.4 Å². The molecule has 1 N–H and O–H groups in total. The number of benzene rings is 1. The van der Waals surface area contributed by atoms with E-state index in [4.69, 9.17) is 9.15 Å². The van der Waals surface area contributed by atoms with Crippen LogP contribution in [-0.4, -0.2) is 22.4 Å². The van der Waals surface area contributed by atoms with Gasteiger partial charge < -0.3 is 14.3 Å². The average molecular weight is 248 g/mol. The molecule has 0 saturated carbocycles. The van der Waals surface area contributed by atoms with E-state index < -0.39 is 5.60 Å². The zero-order valence-electron chi connectivity index (χ0n) is 10.9. The zero-order chi connectivity index (χ0) is 13.3. The van der Waals surface area contributed by atoms with E-state index in [0.717, 1.165) is 11.1 Å². The quantitative estimate of drug-likeness (QED) is 0.902. The maximum atomic E-state index is 9.80. The van der Waals surface area contributed by atoms with Crippen molar-refractivity contribution in [2.24, 2.45) is 0 Å². The van der Waals surface area contributed by atoms with Crippen LogP contribution in [-0.2, 0) is 5.60 Å². The van der Waals surface area contributed by atoms with Crippen LogP contribution in [0.15, 0.2) is 22.6 Å². The van der Waals surface area contributed by atoms with Crippen molar-refractivity contribution in [3.05, 3.63) is 29.7 Å². The number of aromatic nitrogens is 2. The summed E-state index contributed by atoms with van der Waals surface area (Å²) in [5, 5.41) is 17.6. The van der Waals surface area contributed by atoms with Gasteiger partial charge in [-0.3, -0.25) is 0 Å². The van der Waals surface area contributed by atoms with Gasteiger partial charge in [0.05, 0.1) is 12.7 Å². The molecule has 0 atom stereocenters. The molecule has 0 aliphatic heterocycles. The van der Waals surface area contributed by atoms with Crippen molar-refractivity contribution >= 4 is 0 Å². The smallest absolute Gasteiger partial charge is 0.251 e. The molecule has 0 fully saturated rings. The number of aliphatic hydroxyl groups is 1. The third-order valence-electron chi connectivity index (χ3n) is 2.53. The van der Waals surface area contributed by atoms with Gasteiger partial charge in [-0.2, -0.15) is 0 Å². The molecule has 18 heavy (non-hydrogen) atoms. The number of aryl methyl sites for hydroxylation is 1. The summed E-state index contributed by atoms with van der Waals surface area (Å²) in [6.07, 6.45) is 0. The maximum Gasteiger partial charge on any atom is 0.251 e. The van der Waals surface area contributed by atoms with E-state index in [0.29, 0.717) is 11.6 Å². The van der Waals surface area contributed by atoms with Gasteiger partial charge in [-0.1, -0.05) is 11.6 Å². The Hall–Kier alpha value is -1.88. The lowest BCUT2D eigenvalue weighted by Gasteiger charge is -2.10. The predicted octanol–water partition coefficient (Wildman–Crippen LogP) is 2.28. The number of rotatable bonds is 3. The molecule has 2 aromatic rings. The fourth-order valence-electron chi connectivity index (χ4n) is 1.57. The first-order chi connectivity index (χ1) is 8.41. The fraction of sp³-hybridized carbons (Fsp3) is 0.385. The minimum absolute atomic E-state index is 0.182. The van der Waals surface area contributed by atoms with E-state index in [-0.39, 0.29) is 5.89 Å². The summed E-state index contributed by atoms with van der Waals surface area (Å²) >= 11 is 0. The molecule has 0 saturated heterocycles. The Balaban J connectivity index is 2.49. The van der Waals surface area contributed by atoms with Crippen molar-refractivity contribution in [2.45, 2.75) is 26.4 Å². The summed E-state index contributed by atoms with van der Waals surface area (Å²) in [5.74, 6) is 1.18. The molecule has 2 rings (SSSR count). The Morgan fingerprint density at radius 3 is 2.56 bits per heavy atom. The second kappa shape index (κ2) is 4.42. The van der Waals surface area contributed by atoms with E-state index >= 15 is 0 Å². The minimum Gasteiger partial charge on any atom is -0.496 e. The van der Waals surface area contributed by atoms with Crippen molar-refractivity contribution in [3.63, 3.8) is 0 Å². The lowest BCUT2D eigenvalue weighted by molar-refractivity contribution is 0.0487. The summed E-state index contributed by atoms with van der Waals surface area (Å²) in [6, 6.07) is 5.69. The third kappa shape index (κ3) is 2.36. The van der Waals surface area contributed by atoms with Crippen molar-refractivity contribution in [3.8, 4) is 17.2 Å². The Kier molecular flexibility index (Phi) is 3.09. The van der Waals surface area contributed by atoms with Crippen LogP contribution in [0.5, 0.6) is 5.75 Å². The lowest BCUT2D eigenvalue weighted by Crippen LogP contribution is -2.15. The summed E-state index contributed by atoms with van der Waals surface area (Å²) in [7, 11) is 1.58. The van der Waals surface area contributed by atoms with Crippen molar-refractivity contribution in [1.29, 1.82) is 0 Å². The first-order valence-electron chi connectivity index (χ1n) is 5.63. The molecule has 0 aliphatic carbocycles. The Bertz CT molecular complexity index is 556. The van der Waals surface area contributed by atoms with Gasteiger partial charge in [0.1, 0.15) is 11.4 Å². The number of nitrogens with zero attached hydrogens (tertiary/aromatic N) is 2. The first-order valence-corrected chi connectivity index (χ1v) is 5.63. The minimum atomic E-state index is -1.15. The summed E-state index contributed by atoms with van der Waals surface area (Å²) in [6.45, 7) is 5.16. The standard InChI is InChI=1S/C13H16N2O3/c1-8-5-6-10(17-4)9(7-8)11-14-15-12(18-11)13(2,3)16/h5-7,16H,1-4H3. The molecule has 0 aliphatic rings. The van der Waals surface area contributed by atoms with Gasteiger partial charge in [0.2, 0.25) is 5.89 Å². The van der Waals surface area contributed by atoms with Gasteiger partial charge in [0.15, 0.2) is 0 Å². The highest BCUT2D eigenvalue weighted by Crippen LogP contribution is 2.31. The Labute approximate surface area is 105 Å². The second-order valence-corrected chi connectivity index (χ2v) is 4.68. The lowest BCUT2D eigenvalue weighted by atomic mass is 10.1. The van der Waals surface area contributed by atoms with Gasteiger partial charge >= 0.3 is 0 Å². The highest BCUT2D eigenvalue weighted by Gasteiger charge is 2.25. The first kappa shape index (κ1) is 12.6. The van der Waals surface area contributed by atoms with Crippen LogP contribution in [0, 0.1) is 6.92 Å². The van der Waals surface area contributed by atoms with E-state index in [1.165, 1.54) is 0 Å². The van der Waals surface area contributed by atoms with Gasteiger partial charge in [-0.15, -0.1) is 10.2 Å². The number of hydrogen-bond acceptors (Lipinski definition) is 5. The van der Waals surface area contributed by atoms with Crippen LogP contribution >= 0.6 is 0 Å². The summed E-state index contributed by atoms with van der Waals surface area (Å²) < 4.78 is 10.7. The molecule has 1 aromatic heterocycles. The van der Waals surface area contributed by atoms with Crippen molar-refractivity contribution < 1.29 is 14.3 Å². The summed E-state index contributed by atoms with van der Waals surface area (Å²) in [4.78, 5) is 0. The van der Waals surface area contributed by atoms with Gasteiger partial charge in [0.25, 0.3) is 5.89 Å². The number of methoxy groups -OCH3 is 1. The Morgan fingerprint density at radius 1 is 1.28 bits per heavy atom. The molecule has 0 bridgehead atoms. The van der Waals surface area contributed by atoms with Crippen LogP contribution in [0.1, 0.15) is 25.3 Å². The third-order valence-corrected chi connectivity index (χ3v) is 2.53. The van der Waals surface area contributed by atoms with E-state index in [9.17, 15) is 5.11 Å². The largest absolute Gasteiger partial charge is 0.496 e. The van der Waals surface area contributed by atoms with Crippen molar-refractivity contribution in [2.75, 3.05) is 7.11 Å². The van der Waals surface area contributed by atoms with E-state index in [1.807, 2.05) is 25.1 Å². The normalized spacial score (nSPS) is 11.6. The molecule has 1 heterocycles. The molecule has 96 valence electrons. The molecule has 0 radical (unpaired) electrons. The highest BCUT2D eigenvalue weighted by molar-refractivity contribution is 5.63. The van der Waals surface area contributed by atoms with Gasteiger partial charge in [-0.05, 0) is 32.9 Å². The van der Waals surface area contributed by atoms with Crippen LogP contribution in [0.2, 0.25) is 0 Å². The fourth-order valence-corrected chi connectivity index (χ4v) is 1.57. The van der Waals surface area contributed by atoms with Gasteiger partial charge in [0, 0.05) is 0 Å². The van der Waals surface area contributed by atoms with Crippen molar-refractivity contribution in [1.82, 2.24) is 10.2 Å². The molecule has 5 nitrogen and oxygen atoms in total. The van der Waals surface area contributed by atoms with E-state index in [1.54, 1.807) is 21.0 Å². The monoisotopic (exact) mass is 248 g/mol. The SMILES string of the molecule is COc1ccc(C)cc1-c1nnc(C(C)(C)O)o1. The molecule has 0 amide bonds. The van der Waals surface area contributed by atoms with Gasteiger partial charge in [-0.25, -0.2) is 0 Å². The second-order valence-electron chi connectivity index (χ2n) is 4.68. The molecular formula is C13H16N2O3. The number of hydrogen-bond donors (Lipinski definition) is 1. The van der Waals surface area contributed by atoms with Crippen LogP contribution < -0.4 is 4.74 Å². The average Bonchev–Trinajstić information content (AvgIpc) is 2.77.